The van der Waals surface area contributed by atoms with Crippen LogP contribution >= 0.6 is 0 Å². The smallest absolute Gasteiger partial charge is 0.317 e. The Hall–Kier alpha value is -1.64. The summed E-state index contributed by atoms with van der Waals surface area (Å²) in [4.78, 5) is 13.0. The molecule has 1 heterocycles. The van der Waals surface area contributed by atoms with Gasteiger partial charge in [0.25, 0.3) is 0 Å². The topological polar surface area (TPSA) is 87.2 Å². The third kappa shape index (κ3) is 5.67. The van der Waals surface area contributed by atoms with Crippen molar-refractivity contribution in [2.45, 2.75) is 57.1 Å². The molecule has 1 unspecified atom stereocenters. The highest BCUT2D eigenvalue weighted by Gasteiger charge is 2.29. The van der Waals surface area contributed by atoms with Crippen molar-refractivity contribution >= 4 is 16.0 Å². The largest absolute Gasteiger partial charge is 0.491 e. The molecule has 0 spiro atoms. The van der Waals surface area contributed by atoms with Crippen LogP contribution in [-0.2, 0) is 14.8 Å². The van der Waals surface area contributed by atoms with E-state index in [1.807, 2.05) is 20.8 Å². The molecule has 152 valence electrons. The van der Waals surface area contributed by atoms with Gasteiger partial charge in [-0.05, 0) is 70.8 Å². The van der Waals surface area contributed by atoms with E-state index in [9.17, 15) is 13.2 Å². The predicted octanol–water partition coefficient (Wildman–Crippen LogP) is 2.34. The first kappa shape index (κ1) is 21.7. The highest BCUT2D eigenvalue weighted by Crippen LogP contribution is 2.27. The third-order valence-electron chi connectivity index (χ3n) is 4.81. The summed E-state index contributed by atoms with van der Waals surface area (Å²) in [5.74, 6) is -0.180. The lowest BCUT2D eigenvalue weighted by atomic mass is 10.1. The van der Waals surface area contributed by atoms with Gasteiger partial charge in [0.2, 0.25) is 10.0 Å². The lowest BCUT2D eigenvalue weighted by Crippen LogP contribution is -2.37. The molecule has 1 aliphatic rings. The maximum absolute atomic E-state index is 13.1. The van der Waals surface area contributed by atoms with Gasteiger partial charge in [0.05, 0.1) is 17.5 Å². The standard InChI is InChI=1S/C19H30N2O5S/c1-14(2)26-18-8-7-17(12-15(18)3)27(24,25)21-10-5-6-16(9-11-21)20(4)13-19(22)23/h7-8,12,14,16H,5-6,9-11,13H2,1-4H3,(H,22,23). The number of likely N-dealkylation sites (N-methyl/N-ethyl adjacent to an activating group) is 1. The number of sulfonamides is 1. The molecule has 0 aromatic heterocycles. The van der Waals surface area contributed by atoms with Crippen molar-refractivity contribution in [3.05, 3.63) is 23.8 Å². The Morgan fingerprint density at radius 2 is 2.04 bits per heavy atom. The monoisotopic (exact) mass is 398 g/mol. The average Bonchev–Trinajstić information content (AvgIpc) is 2.82. The second kappa shape index (κ2) is 9.03. The van der Waals surface area contributed by atoms with E-state index in [1.54, 1.807) is 30.1 Å². The molecule has 7 nitrogen and oxygen atoms in total. The molecule has 1 atom stereocenters. The van der Waals surface area contributed by atoms with Gasteiger partial charge < -0.3 is 9.84 Å². The van der Waals surface area contributed by atoms with Gasteiger partial charge in [-0.2, -0.15) is 4.31 Å². The van der Waals surface area contributed by atoms with Gasteiger partial charge >= 0.3 is 5.97 Å². The van der Waals surface area contributed by atoms with Gasteiger partial charge in [-0.15, -0.1) is 0 Å². The van der Waals surface area contributed by atoms with Crippen molar-refractivity contribution in [3.8, 4) is 5.75 Å². The molecule has 0 radical (unpaired) electrons. The van der Waals surface area contributed by atoms with Crippen LogP contribution in [0.25, 0.3) is 0 Å². The molecular weight excluding hydrogens is 368 g/mol. The molecule has 1 saturated heterocycles. The average molecular weight is 399 g/mol. The highest BCUT2D eigenvalue weighted by atomic mass is 32.2. The van der Waals surface area contributed by atoms with Gasteiger partial charge in [-0.25, -0.2) is 8.42 Å². The summed E-state index contributed by atoms with van der Waals surface area (Å²) in [6, 6.07) is 5.04. The van der Waals surface area contributed by atoms with Crippen molar-refractivity contribution in [1.29, 1.82) is 0 Å². The number of benzene rings is 1. The van der Waals surface area contributed by atoms with E-state index in [0.29, 0.717) is 31.7 Å². The summed E-state index contributed by atoms with van der Waals surface area (Å²) in [5.41, 5.74) is 0.790. The number of carboxylic acid groups (broad SMARTS) is 1. The van der Waals surface area contributed by atoms with Gasteiger partial charge in [0, 0.05) is 19.1 Å². The van der Waals surface area contributed by atoms with E-state index in [0.717, 1.165) is 12.0 Å². The van der Waals surface area contributed by atoms with Crippen LogP contribution in [0.1, 0.15) is 38.7 Å². The quantitative estimate of drug-likeness (QED) is 0.759. The summed E-state index contributed by atoms with van der Waals surface area (Å²) < 4.78 is 33.3. The predicted molar refractivity (Wildman–Crippen MR) is 104 cm³/mol. The second-order valence-corrected chi connectivity index (χ2v) is 9.33. The molecule has 1 N–H and O–H groups in total. The normalized spacial score (nSPS) is 19.3. The number of carbonyl (C=O) groups is 1. The van der Waals surface area contributed by atoms with Gasteiger partial charge in [0.1, 0.15) is 5.75 Å². The molecular formula is C19H30N2O5S. The highest BCUT2D eigenvalue weighted by molar-refractivity contribution is 7.89. The Labute approximate surface area is 162 Å². The van der Waals surface area contributed by atoms with Crippen molar-refractivity contribution in [3.63, 3.8) is 0 Å². The van der Waals surface area contributed by atoms with Crippen LogP contribution in [0.5, 0.6) is 5.75 Å². The van der Waals surface area contributed by atoms with Crippen molar-refractivity contribution in [2.75, 3.05) is 26.7 Å². The maximum atomic E-state index is 13.1. The zero-order valence-electron chi connectivity index (χ0n) is 16.5. The Kier molecular flexibility index (Phi) is 7.25. The number of ether oxygens (including phenoxy) is 1. The van der Waals surface area contributed by atoms with Crippen molar-refractivity contribution in [1.82, 2.24) is 9.21 Å². The summed E-state index contributed by atoms with van der Waals surface area (Å²) in [5, 5.41) is 8.96. The zero-order chi connectivity index (χ0) is 20.2. The minimum absolute atomic E-state index is 0.0245. The van der Waals surface area contributed by atoms with Gasteiger partial charge in [-0.3, -0.25) is 9.69 Å². The number of hydrogen-bond acceptors (Lipinski definition) is 5. The Morgan fingerprint density at radius 3 is 2.63 bits per heavy atom. The van der Waals surface area contributed by atoms with Crippen LogP contribution < -0.4 is 4.74 Å². The molecule has 1 aromatic rings. The van der Waals surface area contributed by atoms with E-state index >= 15 is 0 Å². The number of hydrogen-bond donors (Lipinski definition) is 1. The van der Waals surface area contributed by atoms with Crippen LogP contribution in [0, 0.1) is 6.92 Å². The fourth-order valence-electron chi connectivity index (χ4n) is 3.39. The first-order valence-corrected chi connectivity index (χ1v) is 10.7. The van der Waals surface area contributed by atoms with Gasteiger partial charge in [0.15, 0.2) is 0 Å². The lowest BCUT2D eigenvalue weighted by molar-refractivity contribution is -0.138. The first-order valence-electron chi connectivity index (χ1n) is 9.30. The minimum Gasteiger partial charge on any atom is -0.491 e. The fraction of sp³-hybridized carbons (Fsp3) is 0.632. The lowest BCUT2D eigenvalue weighted by Gasteiger charge is -2.25. The molecule has 1 aromatic carbocycles. The van der Waals surface area contributed by atoms with Crippen molar-refractivity contribution < 1.29 is 23.1 Å². The number of aryl methyl sites for hydroxylation is 1. The fourth-order valence-corrected chi connectivity index (χ4v) is 4.97. The molecule has 8 heteroatoms. The zero-order valence-corrected chi connectivity index (χ0v) is 17.3. The summed E-state index contributed by atoms with van der Waals surface area (Å²) in [7, 11) is -1.80. The SMILES string of the molecule is Cc1cc(S(=O)(=O)N2CCCC(N(C)CC(=O)O)CC2)ccc1OC(C)C. The number of nitrogens with zero attached hydrogens (tertiary/aromatic N) is 2. The van der Waals surface area contributed by atoms with Crippen LogP contribution in [0.4, 0.5) is 0 Å². The second-order valence-electron chi connectivity index (χ2n) is 7.39. The van der Waals surface area contributed by atoms with E-state index in [-0.39, 0.29) is 23.6 Å². The molecule has 0 bridgehead atoms. The molecule has 1 aliphatic heterocycles. The molecule has 0 saturated carbocycles. The number of carboxylic acids is 1. The molecule has 0 amide bonds. The van der Waals surface area contributed by atoms with E-state index in [2.05, 4.69) is 0 Å². The van der Waals surface area contributed by atoms with Gasteiger partial charge in [-0.1, -0.05) is 0 Å². The Bertz CT molecular complexity index is 763. The Morgan fingerprint density at radius 1 is 1.33 bits per heavy atom. The summed E-state index contributed by atoms with van der Waals surface area (Å²) in [6.45, 7) is 6.51. The Balaban J connectivity index is 2.12. The molecule has 27 heavy (non-hydrogen) atoms. The van der Waals surface area contributed by atoms with E-state index in [1.165, 1.54) is 4.31 Å². The van der Waals surface area contributed by atoms with E-state index in [4.69, 9.17) is 9.84 Å². The van der Waals surface area contributed by atoms with Crippen LogP contribution in [-0.4, -0.2) is 67.5 Å². The number of rotatable bonds is 7. The molecule has 2 rings (SSSR count). The van der Waals surface area contributed by atoms with Crippen LogP contribution in [0.15, 0.2) is 23.1 Å². The van der Waals surface area contributed by atoms with Crippen LogP contribution in [0.2, 0.25) is 0 Å². The van der Waals surface area contributed by atoms with Crippen LogP contribution in [0.3, 0.4) is 0 Å². The summed E-state index contributed by atoms with van der Waals surface area (Å²) in [6.07, 6.45) is 2.14. The minimum atomic E-state index is -3.58. The number of aliphatic carboxylic acids is 1. The third-order valence-corrected chi connectivity index (χ3v) is 6.71. The molecule has 0 aliphatic carbocycles. The van der Waals surface area contributed by atoms with Crippen molar-refractivity contribution in [2.24, 2.45) is 0 Å². The summed E-state index contributed by atoms with van der Waals surface area (Å²) >= 11 is 0. The first-order chi connectivity index (χ1) is 12.6. The maximum Gasteiger partial charge on any atom is 0.317 e. The van der Waals surface area contributed by atoms with E-state index < -0.39 is 16.0 Å². The molecule has 1 fully saturated rings.